The number of rotatable bonds is 9. The van der Waals surface area contributed by atoms with E-state index in [0.717, 1.165) is 37.1 Å². The van der Waals surface area contributed by atoms with Gasteiger partial charge in [-0.05, 0) is 31.4 Å². The molecule has 1 aromatic carbocycles. The molecule has 1 amide bonds. The molecule has 0 atom stereocenters. The van der Waals surface area contributed by atoms with Gasteiger partial charge >= 0.3 is 0 Å². The quantitative estimate of drug-likeness (QED) is 0.592. The number of hydrogen-bond donors (Lipinski definition) is 0. The van der Waals surface area contributed by atoms with Gasteiger partial charge in [0.15, 0.2) is 0 Å². The average molecular weight is 275 g/mol. The van der Waals surface area contributed by atoms with Crippen LogP contribution in [0.1, 0.15) is 68.3 Å². The van der Waals surface area contributed by atoms with Crippen molar-refractivity contribution >= 4 is 5.91 Å². The summed E-state index contributed by atoms with van der Waals surface area (Å²) in [5.74, 6) is 0.204. The summed E-state index contributed by atoms with van der Waals surface area (Å²) in [5.41, 5.74) is 1.94. The predicted molar refractivity (Wildman–Crippen MR) is 86.1 cm³/mol. The van der Waals surface area contributed by atoms with E-state index < -0.39 is 0 Å². The number of benzene rings is 1. The van der Waals surface area contributed by atoms with Crippen molar-refractivity contribution < 1.29 is 4.79 Å². The molecule has 0 fully saturated rings. The average Bonchev–Trinajstić information content (AvgIpc) is 2.46. The highest BCUT2D eigenvalue weighted by Gasteiger charge is 2.16. The van der Waals surface area contributed by atoms with Crippen LogP contribution in [0.25, 0.3) is 0 Å². The van der Waals surface area contributed by atoms with E-state index >= 15 is 0 Å². The van der Waals surface area contributed by atoms with Crippen LogP contribution >= 0.6 is 0 Å². The molecule has 0 aliphatic rings. The Hall–Kier alpha value is -1.31. The first-order valence-electron chi connectivity index (χ1n) is 8.05. The van der Waals surface area contributed by atoms with E-state index in [-0.39, 0.29) is 5.91 Å². The van der Waals surface area contributed by atoms with Crippen molar-refractivity contribution in [3.8, 4) is 0 Å². The maximum Gasteiger partial charge on any atom is 0.254 e. The summed E-state index contributed by atoms with van der Waals surface area (Å²) >= 11 is 0. The standard InChI is InChI=1S/C18H29NO/c1-4-6-10-14-19(15-11-7-5-2)18(20)17-13-9-8-12-16(17)3/h8-9,12-13H,4-7,10-11,14-15H2,1-3H3. The molecule has 0 unspecified atom stereocenters. The Kier molecular flexibility index (Phi) is 8.01. The van der Waals surface area contributed by atoms with Crippen LogP contribution in [0.3, 0.4) is 0 Å². The molecule has 2 heteroatoms. The molecule has 2 nitrogen and oxygen atoms in total. The van der Waals surface area contributed by atoms with Crippen molar-refractivity contribution in [3.05, 3.63) is 35.4 Å². The van der Waals surface area contributed by atoms with Gasteiger partial charge in [-0.3, -0.25) is 4.79 Å². The third kappa shape index (κ3) is 5.36. The van der Waals surface area contributed by atoms with Crippen LogP contribution in [0.5, 0.6) is 0 Å². The van der Waals surface area contributed by atoms with E-state index in [1.54, 1.807) is 0 Å². The highest BCUT2D eigenvalue weighted by Crippen LogP contribution is 2.13. The molecule has 0 heterocycles. The molecule has 0 aliphatic carbocycles. The number of carbonyl (C=O) groups is 1. The highest BCUT2D eigenvalue weighted by molar-refractivity contribution is 5.95. The maximum atomic E-state index is 12.7. The van der Waals surface area contributed by atoms with Crippen LogP contribution < -0.4 is 0 Å². The Labute approximate surface area is 124 Å². The zero-order chi connectivity index (χ0) is 14.8. The summed E-state index contributed by atoms with van der Waals surface area (Å²) < 4.78 is 0. The van der Waals surface area contributed by atoms with Gasteiger partial charge < -0.3 is 4.90 Å². The first kappa shape index (κ1) is 16.7. The number of aryl methyl sites for hydroxylation is 1. The number of hydrogen-bond acceptors (Lipinski definition) is 1. The Morgan fingerprint density at radius 3 is 2.00 bits per heavy atom. The first-order chi connectivity index (χ1) is 9.70. The van der Waals surface area contributed by atoms with Crippen LogP contribution in [0, 0.1) is 6.92 Å². The topological polar surface area (TPSA) is 20.3 Å². The smallest absolute Gasteiger partial charge is 0.254 e. The van der Waals surface area contributed by atoms with Gasteiger partial charge in [-0.15, -0.1) is 0 Å². The molecule has 0 saturated heterocycles. The van der Waals surface area contributed by atoms with E-state index in [0.29, 0.717) is 0 Å². The van der Waals surface area contributed by atoms with E-state index in [2.05, 4.69) is 13.8 Å². The summed E-state index contributed by atoms with van der Waals surface area (Å²) in [6, 6.07) is 7.91. The molecule has 0 N–H and O–H groups in total. The molecule has 0 radical (unpaired) electrons. The van der Waals surface area contributed by atoms with Gasteiger partial charge in [-0.2, -0.15) is 0 Å². The van der Waals surface area contributed by atoms with Gasteiger partial charge in [0, 0.05) is 18.7 Å². The zero-order valence-corrected chi connectivity index (χ0v) is 13.3. The maximum absolute atomic E-state index is 12.7. The SMILES string of the molecule is CCCCCN(CCCCC)C(=O)c1ccccc1C. The monoisotopic (exact) mass is 275 g/mol. The van der Waals surface area contributed by atoms with Gasteiger partial charge in [0.05, 0.1) is 0 Å². The Morgan fingerprint density at radius 1 is 0.950 bits per heavy atom. The third-order valence-corrected chi connectivity index (χ3v) is 3.73. The second kappa shape index (κ2) is 9.57. The van der Waals surface area contributed by atoms with Crippen LogP contribution in [-0.2, 0) is 0 Å². The molecule has 0 aliphatic heterocycles. The minimum Gasteiger partial charge on any atom is -0.339 e. The van der Waals surface area contributed by atoms with Crippen LogP contribution in [0.4, 0.5) is 0 Å². The molecule has 20 heavy (non-hydrogen) atoms. The number of amides is 1. The third-order valence-electron chi connectivity index (χ3n) is 3.73. The van der Waals surface area contributed by atoms with Gasteiger partial charge in [0.25, 0.3) is 5.91 Å². The van der Waals surface area contributed by atoms with Gasteiger partial charge in [-0.1, -0.05) is 57.7 Å². The molecule has 112 valence electrons. The largest absolute Gasteiger partial charge is 0.339 e. The van der Waals surface area contributed by atoms with Gasteiger partial charge in [0.1, 0.15) is 0 Å². The van der Waals surface area contributed by atoms with Gasteiger partial charge in [0.2, 0.25) is 0 Å². The Balaban J connectivity index is 2.69. The van der Waals surface area contributed by atoms with Crippen molar-refractivity contribution in [1.29, 1.82) is 0 Å². The van der Waals surface area contributed by atoms with E-state index in [4.69, 9.17) is 0 Å². The second-order valence-electron chi connectivity index (χ2n) is 5.52. The summed E-state index contributed by atoms with van der Waals surface area (Å²) in [6.07, 6.45) is 7.01. The molecule has 1 aromatic rings. The fraction of sp³-hybridized carbons (Fsp3) is 0.611. The normalized spacial score (nSPS) is 10.6. The lowest BCUT2D eigenvalue weighted by atomic mass is 10.1. The fourth-order valence-corrected chi connectivity index (χ4v) is 2.40. The zero-order valence-electron chi connectivity index (χ0n) is 13.3. The minimum atomic E-state index is 0.204. The number of unbranched alkanes of at least 4 members (excludes halogenated alkanes) is 4. The van der Waals surface area contributed by atoms with E-state index in [9.17, 15) is 4.79 Å². The summed E-state index contributed by atoms with van der Waals surface area (Å²) in [5, 5.41) is 0. The molecular weight excluding hydrogens is 246 g/mol. The summed E-state index contributed by atoms with van der Waals surface area (Å²) in [6.45, 7) is 8.20. The summed E-state index contributed by atoms with van der Waals surface area (Å²) in [7, 11) is 0. The van der Waals surface area contributed by atoms with Crippen molar-refractivity contribution in [3.63, 3.8) is 0 Å². The fourth-order valence-electron chi connectivity index (χ4n) is 2.40. The molecule has 0 spiro atoms. The molecule has 0 aromatic heterocycles. The van der Waals surface area contributed by atoms with Crippen LogP contribution in [0.15, 0.2) is 24.3 Å². The van der Waals surface area contributed by atoms with Crippen LogP contribution in [0.2, 0.25) is 0 Å². The molecule has 1 rings (SSSR count). The lowest BCUT2D eigenvalue weighted by Crippen LogP contribution is -2.33. The molecule has 0 saturated carbocycles. The van der Waals surface area contributed by atoms with Crippen molar-refractivity contribution in [1.82, 2.24) is 4.90 Å². The molecular formula is C18H29NO. The number of nitrogens with zero attached hydrogens (tertiary/aromatic N) is 1. The van der Waals surface area contributed by atoms with Crippen molar-refractivity contribution in [2.24, 2.45) is 0 Å². The molecule has 0 bridgehead atoms. The van der Waals surface area contributed by atoms with Gasteiger partial charge in [-0.25, -0.2) is 0 Å². The van der Waals surface area contributed by atoms with E-state index in [1.807, 2.05) is 36.1 Å². The van der Waals surface area contributed by atoms with Crippen molar-refractivity contribution in [2.45, 2.75) is 59.3 Å². The van der Waals surface area contributed by atoms with E-state index in [1.165, 1.54) is 25.7 Å². The minimum absolute atomic E-state index is 0.204. The number of carbonyl (C=O) groups excluding carboxylic acids is 1. The lowest BCUT2D eigenvalue weighted by Gasteiger charge is -2.23. The first-order valence-corrected chi connectivity index (χ1v) is 8.05. The highest BCUT2D eigenvalue weighted by atomic mass is 16.2. The Morgan fingerprint density at radius 2 is 1.50 bits per heavy atom. The predicted octanol–water partition coefficient (Wildman–Crippen LogP) is 4.82. The second-order valence-corrected chi connectivity index (χ2v) is 5.52. The summed E-state index contributed by atoms with van der Waals surface area (Å²) in [4.78, 5) is 14.7. The van der Waals surface area contributed by atoms with Crippen LogP contribution in [-0.4, -0.2) is 23.9 Å². The Bertz CT molecular complexity index is 390. The van der Waals surface area contributed by atoms with Crippen molar-refractivity contribution in [2.75, 3.05) is 13.1 Å². The lowest BCUT2D eigenvalue weighted by molar-refractivity contribution is 0.0749.